The van der Waals surface area contributed by atoms with Crippen LogP contribution >= 0.6 is 0 Å². The van der Waals surface area contributed by atoms with Crippen molar-refractivity contribution in [2.75, 3.05) is 13.1 Å². The highest BCUT2D eigenvalue weighted by molar-refractivity contribution is 5.14. The molecule has 0 aliphatic carbocycles. The fraction of sp³-hybridized carbons (Fsp3) is 0.714. The zero-order valence-electron chi connectivity index (χ0n) is 5.57. The Balaban J connectivity index is 2.30. The van der Waals surface area contributed by atoms with Gasteiger partial charge in [-0.15, -0.1) is 0 Å². The summed E-state index contributed by atoms with van der Waals surface area (Å²) in [6.07, 6.45) is 2.33. The zero-order valence-corrected chi connectivity index (χ0v) is 5.57. The predicted octanol–water partition coefficient (Wildman–Crippen LogP) is 1.17. The van der Waals surface area contributed by atoms with Crippen molar-refractivity contribution in [2.24, 2.45) is 5.92 Å². The predicted molar refractivity (Wildman–Crippen MR) is 35.8 cm³/mol. The van der Waals surface area contributed by atoms with Crippen LogP contribution in [-0.2, 0) is 0 Å². The van der Waals surface area contributed by atoms with Crippen LogP contribution < -0.4 is 5.32 Å². The molecule has 0 unspecified atom stereocenters. The molecule has 1 aliphatic heterocycles. The number of allylic oxidation sites excluding steroid dienone is 1. The third kappa shape index (κ3) is 1.34. The summed E-state index contributed by atoms with van der Waals surface area (Å²) in [7, 11) is 0. The molecule has 0 bridgehead atoms. The van der Waals surface area contributed by atoms with Gasteiger partial charge in [0.05, 0.1) is 0 Å². The summed E-state index contributed by atoms with van der Waals surface area (Å²) < 4.78 is 0. The minimum absolute atomic E-state index is 0.729. The van der Waals surface area contributed by atoms with E-state index in [-0.39, 0.29) is 0 Å². The molecule has 0 atom stereocenters. The van der Waals surface area contributed by atoms with Gasteiger partial charge in [-0.25, -0.2) is 0 Å². The summed E-state index contributed by atoms with van der Waals surface area (Å²) in [6, 6.07) is 0. The van der Waals surface area contributed by atoms with Gasteiger partial charge in [0.1, 0.15) is 0 Å². The van der Waals surface area contributed by atoms with Crippen molar-refractivity contribution < 1.29 is 0 Å². The summed E-state index contributed by atoms with van der Waals surface area (Å²) in [5.74, 6) is 0.729. The maximum absolute atomic E-state index is 3.20. The molecule has 0 aromatic carbocycles. The first-order chi connectivity index (χ1) is 3.79. The molecule has 1 heteroatoms. The molecule has 0 amide bonds. The first-order valence-corrected chi connectivity index (χ1v) is 3.19. The SMILES string of the molecule is CC(C)C=C1CNC1. The molecule has 8 heavy (non-hydrogen) atoms. The van der Waals surface area contributed by atoms with E-state index in [1.54, 1.807) is 5.57 Å². The van der Waals surface area contributed by atoms with Crippen molar-refractivity contribution in [1.29, 1.82) is 0 Å². The first kappa shape index (κ1) is 5.83. The lowest BCUT2D eigenvalue weighted by Gasteiger charge is -2.19. The zero-order chi connectivity index (χ0) is 5.98. The second kappa shape index (κ2) is 2.31. The molecule has 1 rings (SSSR count). The molecule has 0 saturated carbocycles. The molecular formula is C7H13N. The Morgan fingerprint density at radius 2 is 2.12 bits per heavy atom. The minimum atomic E-state index is 0.729. The van der Waals surface area contributed by atoms with Crippen molar-refractivity contribution in [3.63, 3.8) is 0 Å². The molecule has 1 N–H and O–H groups in total. The van der Waals surface area contributed by atoms with Gasteiger partial charge in [-0.1, -0.05) is 19.9 Å². The van der Waals surface area contributed by atoms with E-state index in [9.17, 15) is 0 Å². The standard InChI is InChI=1S/C7H13N/c1-6(2)3-7-4-8-5-7/h3,6,8H,4-5H2,1-2H3. The van der Waals surface area contributed by atoms with Crippen molar-refractivity contribution >= 4 is 0 Å². The number of rotatable bonds is 1. The lowest BCUT2D eigenvalue weighted by Crippen LogP contribution is -2.33. The Labute approximate surface area is 50.8 Å². The van der Waals surface area contributed by atoms with Gasteiger partial charge in [-0.3, -0.25) is 0 Å². The first-order valence-electron chi connectivity index (χ1n) is 3.19. The lowest BCUT2D eigenvalue weighted by atomic mass is 10.1. The van der Waals surface area contributed by atoms with Gasteiger partial charge in [0.2, 0.25) is 0 Å². The molecule has 1 saturated heterocycles. The minimum Gasteiger partial charge on any atom is -0.309 e. The van der Waals surface area contributed by atoms with Gasteiger partial charge in [0.15, 0.2) is 0 Å². The summed E-state index contributed by atoms with van der Waals surface area (Å²) >= 11 is 0. The van der Waals surface area contributed by atoms with E-state index in [0.29, 0.717) is 0 Å². The Morgan fingerprint density at radius 1 is 1.50 bits per heavy atom. The van der Waals surface area contributed by atoms with Gasteiger partial charge in [0.25, 0.3) is 0 Å². The Bertz CT molecular complexity index is 97.0. The smallest absolute Gasteiger partial charge is 0.0180 e. The maximum Gasteiger partial charge on any atom is 0.0180 e. The quantitative estimate of drug-likeness (QED) is 0.501. The van der Waals surface area contributed by atoms with E-state index < -0.39 is 0 Å². The molecule has 0 aromatic heterocycles. The monoisotopic (exact) mass is 111 g/mol. The van der Waals surface area contributed by atoms with Gasteiger partial charge >= 0.3 is 0 Å². The van der Waals surface area contributed by atoms with Crippen LogP contribution in [0.1, 0.15) is 13.8 Å². The third-order valence-electron chi connectivity index (χ3n) is 1.27. The van der Waals surface area contributed by atoms with E-state index in [2.05, 4.69) is 25.2 Å². The molecule has 1 fully saturated rings. The molecule has 0 radical (unpaired) electrons. The Hall–Kier alpha value is -0.300. The fourth-order valence-electron chi connectivity index (χ4n) is 0.859. The number of nitrogens with one attached hydrogen (secondary N) is 1. The fourth-order valence-corrected chi connectivity index (χ4v) is 0.859. The average molecular weight is 111 g/mol. The summed E-state index contributed by atoms with van der Waals surface area (Å²) in [4.78, 5) is 0. The molecule has 0 aromatic rings. The Kier molecular flexibility index (Phi) is 1.69. The third-order valence-corrected chi connectivity index (χ3v) is 1.27. The summed E-state index contributed by atoms with van der Waals surface area (Å²) in [5, 5.41) is 3.20. The van der Waals surface area contributed by atoms with Crippen molar-refractivity contribution in [1.82, 2.24) is 5.32 Å². The lowest BCUT2D eigenvalue weighted by molar-refractivity contribution is 0.649. The highest BCUT2D eigenvalue weighted by atomic mass is 14.9. The van der Waals surface area contributed by atoms with Gasteiger partial charge in [0, 0.05) is 13.1 Å². The van der Waals surface area contributed by atoms with Crippen LogP contribution in [0.5, 0.6) is 0 Å². The van der Waals surface area contributed by atoms with E-state index >= 15 is 0 Å². The molecule has 46 valence electrons. The van der Waals surface area contributed by atoms with Crippen LogP contribution in [0.3, 0.4) is 0 Å². The van der Waals surface area contributed by atoms with E-state index in [4.69, 9.17) is 0 Å². The topological polar surface area (TPSA) is 12.0 Å². The average Bonchev–Trinajstić information content (AvgIpc) is 1.55. The van der Waals surface area contributed by atoms with Crippen molar-refractivity contribution in [2.45, 2.75) is 13.8 Å². The van der Waals surface area contributed by atoms with Crippen LogP contribution in [0.15, 0.2) is 11.6 Å². The normalized spacial score (nSPS) is 18.6. The van der Waals surface area contributed by atoms with Crippen LogP contribution in [-0.4, -0.2) is 13.1 Å². The highest BCUT2D eigenvalue weighted by Crippen LogP contribution is 2.05. The van der Waals surface area contributed by atoms with Crippen LogP contribution in [0.25, 0.3) is 0 Å². The number of hydrogen-bond donors (Lipinski definition) is 1. The molecule has 1 heterocycles. The summed E-state index contributed by atoms with van der Waals surface area (Å²) in [6.45, 7) is 6.67. The van der Waals surface area contributed by atoms with Gasteiger partial charge in [-0.2, -0.15) is 0 Å². The molecule has 1 aliphatic rings. The Morgan fingerprint density at radius 3 is 2.25 bits per heavy atom. The number of hydrogen-bond acceptors (Lipinski definition) is 1. The van der Waals surface area contributed by atoms with Crippen LogP contribution in [0.4, 0.5) is 0 Å². The summed E-state index contributed by atoms with van der Waals surface area (Å²) in [5.41, 5.74) is 1.57. The van der Waals surface area contributed by atoms with Crippen molar-refractivity contribution in [3.8, 4) is 0 Å². The van der Waals surface area contributed by atoms with E-state index in [1.165, 1.54) is 0 Å². The van der Waals surface area contributed by atoms with E-state index in [0.717, 1.165) is 19.0 Å². The molecule has 0 spiro atoms. The van der Waals surface area contributed by atoms with Gasteiger partial charge < -0.3 is 5.32 Å². The van der Waals surface area contributed by atoms with Gasteiger partial charge in [-0.05, 0) is 11.5 Å². The van der Waals surface area contributed by atoms with Crippen molar-refractivity contribution in [3.05, 3.63) is 11.6 Å². The van der Waals surface area contributed by atoms with Crippen LogP contribution in [0.2, 0.25) is 0 Å². The maximum atomic E-state index is 3.20. The second-order valence-corrected chi connectivity index (χ2v) is 2.67. The second-order valence-electron chi connectivity index (χ2n) is 2.67. The molecular weight excluding hydrogens is 98.1 g/mol. The highest BCUT2D eigenvalue weighted by Gasteiger charge is 2.05. The van der Waals surface area contributed by atoms with Crippen LogP contribution in [0, 0.1) is 5.92 Å². The molecule has 1 nitrogen and oxygen atoms in total. The largest absolute Gasteiger partial charge is 0.309 e. The van der Waals surface area contributed by atoms with E-state index in [1.807, 2.05) is 0 Å².